The van der Waals surface area contributed by atoms with Gasteiger partial charge in [-0.15, -0.1) is 0 Å². The number of nitrogens with one attached hydrogen (secondary N) is 1. The highest BCUT2D eigenvalue weighted by molar-refractivity contribution is 6.08. The molecule has 0 spiro atoms. The zero-order valence-corrected chi connectivity index (χ0v) is 17.6. The van der Waals surface area contributed by atoms with Crippen molar-refractivity contribution in [1.82, 2.24) is 19.9 Å². The Morgan fingerprint density at radius 2 is 2.03 bits per heavy atom. The van der Waals surface area contributed by atoms with E-state index in [4.69, 9.17) is 15.5 Å². The molecule has 7 heteroatoms. The van der Waals surface area contributed by atoms with Crippen molar-refractivity contribution in [3.63, 3.8) is 0 Å². The molecule has 0 unspecified atom stereocenters. The highest BCUT2D eigenvalue weighted by Gasteiger charge is 2.18. The molecule has 0 saturated carbocycles. The van der Waals surface area contributed by atoms with Crippen LogP contribution in [-0.4, -0.2) is 41.2 Å². The Hall–Kier alpha value is -2.67. The van der Waals surface area contributed by atoms with Crippen LogP contribution >= 0.6 is 0 Å². The third kappa shape index (κ3) is 4.50. The lowest BCUT2D eigenvalue weighted by molar-refractivity contribution is 0.0601. The normalized spacial score (nSPS) is 11.4. The number of benzene rings is 1. The van der Waals surface area contributed by atoms with Crippen LogP contribution in [0.2, 0.25) is 0 Å². The number of nitrogens with zero attached hydrogens (tertiary/aromatic N) is 3. The van der Waals surface area contributed by atoms with Gasteiger partial charge in [-0.3, -0.25) is 0 Å². The minimum absolute atomic E-state index is 0.381. The minimum Gasteiger partial charge on any atom is -0.465 e. The van der Waals surface area contributed by atoms with E-state index in [2.05, 4.69) is 21.8 Å². The van der Waals surface area contributed by atoms with Gasteiger partial charge >= 0.3 is 5.97 Å². The molecule has 0 aliphatic heterocycles. The van der Waals surface area contributed by atoms with Gasteiger partial charge in [0.25, 0.3) is 0 Å². The Morgan fingerprint density at radius 1 is 1.21 bits per heavy atom. The van der Waals surface area contributed by atoms with Crippen LogP contribution in [0.3, 0.4) is 0 Å². The standard InChI is InChI=1S/C22H31N5O2/c1-4-5-9-18-26-19-20(27(18)13-8-6-7-12-24-2)16-11-10-15(22(28)29-3)14-17(16)25-21(19)23/h10-11,14,24H,4-9,12-13H2,1-3H3,(H2,23,25). The number of anilines is 1. The number of unbranched alkanes of at least 4 members (excludes halogenated alkanes) is 3. The molecule has 29 heavy (non-hydrogen) atoms. The second-order valence-corrected chi connectivity index (χ2v) is 7.37. The predicted molar refractivity (Wildman–Crippen MR) is 117 cm³/mol. The van der Waals surface area contributed by atoms with Crippen LogP contribution < -0.4 is 11.1 Å². The average Bonchev–Trinajstić information content (AvgIpc) is 3.10. The third-order valence-electron chi connectivity index (χ3n) is 5.27. The molecule has 7 nitrogen and oxygen atoms in total. The molecule has 0 fully saturated rings. The maximum atomic E-state index is 11.9. The number of nitrogen functional groups attached to an aromatic ring is 1. The molecule has 0 aliphatic rings. The summed E-state index contributed by atoms with van der Waals surface area (Å²) in [5.41, 5.74) is 9.21. The number of nitrogens with two attached hydrogens (primary N) is 1. The van der Waals surface area contributed by atoms with E-state index >= 15 is 0 Å². The van der Waals surface area contributed by atoms with E-state index < -0.39 is 0 Å². The summed E-state index contributed by atoms with van der Waals surface area (Å²) >= 11 is 0. The van der Waals surface area contributed by atoms with Gasteiger partial charge in [-0.2, -0.15) is 0 Å². The van der Waals surface area contributed by atoms with Crippen molar-refractivity contribution in [3.8, 4) is 0 Å². The van der Waals surface area contributed by atoms with E-state index in [9.17, 15) is 4.79 Å². The van der Waals surface area contributed by atoms with Crippen LogP contribution in [0.4, 0.5) is 5.82 Å². The van der Waals surface area contributed by atoms with Crippen LogP contribution in [0, 0.1) is 0 Å². The number of hydrogen-bond donors (Lipinski definition) is 2. The van der Waals surface area contributed by atoms with Crippen molar-refractivity contribution in [2.45, 2.75) is 52.0 Å². The number of rotatable bonds is 10. The second-order valence-electron chi connectivity index (χ2n) is 7.37. The zero-order chi connectivity index (χ0) is 20.8. The number of carbonyl (C=O) groups is 1. The van der Waals surface area contributed by atoms with E-state index in [-0.39, 0.29) is 5.97 Å². The summed E-state index contributed by atoms with van der Waals surface area (Å²) < 4.78 is 7.15. The number of fused-ring (bicyclic) bond motifs is 3. The monoisotopic (exact) mass is 397 g/mol. The Labute approximate surface area is 171 Å². The number of aromatic nitrogens is 3. The lowest BCUT2D eigenvalue weighted by Gasteiger charge is -2.11. The van der Waals surface area contributed by atoms with Gasteiger partial charge in [0.05, 0.1) is 23.7 Å². The minimum atomic E-state index is -0.381. The molecule has 2 heterocycles. The number of esters is 1. The Morgan fingerprint density at radius 3 is 2.76 bits per heavy atom. The quantitative estimate of drug-likeness (QED) is 0.400. The predicted octanol–water partition coefficient (Wildman–Crippen LogP) is 3.69. The first-order chi connectivity index (χ1) is 14.1. The number of pyridine rings is 1. The first-order valence-corrected chi connectivity index (χ1v) is 10.4. The van der Waals surface area contributed by atoms with Gasteiger partial charge in [0, 0.05) is 18.4 Å². The highest BCUT2D eigenvalue weighted by Crippen LogP contribution is 2.30. The second kappa shape index (κ2) is 9.69. The van der Waals surface area contributed by atoms with Crippen LogP contribution in [0.15, 0.2) is 18.2 Å². The Balaban J connectivity index is 2.08. The molecule has 0 aliphatic carbocycles. The van der Waals surface area contributed by atoms with Crippen molar-refractivity contribution in [1.29, 1.82) is 0 Å². The van der Waals surface area contributed by atoms with E-state index in [0.29, 0.717) is 16.9 Å². The fraction of sp³-hybridized carbons (Fsp3) is 0.500. The lowest BCUT2D eigenvalue weighted by Crippen LogP contribution is -2.09. The number of imidazole rings is 1. The summed E-state index contributed by atoms with van der Waals surface area (Å²) in [6.07, 6.45) is 6.50. The van der Waals surface area contributed by atoms with E-state index in [1.54, 1.807) is 12.1 Å². The molecule has 1 aromatic carbocycles. The first-order valence-electron chi connectivity index (χ1n) is 10.4. The smallest absolute Gasteiger partial charge is 0.337 e. The Bertz CT molecular complexity index is 996. The molecule has 156 valence electrons. The van der Waals surface area contributed by atoms with E-state index in [1.165, 1.54) is 7.11 Å². The van der Waals surface area contributed by atoms with Crippen LogP contribution in [0.25, 0.3) is 21.9 Å². The summed E-state index contributed by atoms with van der Waals surface area (Å²) in [6, 6.07) is 5.45. The summed E-state index contributed by atoms with van der Waals surface area (Å²) in [5.74, 6) is 1.09. The van der Waals surface area contributed by atoms with Crippen molar-refractivity contribution < 1.29 is 9.53 Å². The van der Waals surface area contributed by atoms with E-state index in [0.717, 1.165) is 73.9 Å². The number of hydrogen-bond acceptors (Lipinski definition) is 6. The Kier molecular flexibility index (Phi) is 7.04. The number of aryl methyl sites for hydroxylation is 2. The lowest BCUT2D eigenvalue weighted by atomic mass is 10.1. The van der Waals surface area contributed by atoms with Gasteiger partial charge < -0.3 is 20.4 Å². The molecule has 2 aromatic heterocycles. The number of methoxy groups -OCH3 is 1. The SMILES string of the molecule is CCCCc1nc2c(N)nc3cc(C(=O)OC)ccc3c2n1CCCCCNC. The number of carbonyl (C=O) groups excluding carboxylic acids is 1. The fourth-order valence-corrected chi connectivity index (χ4v) is 3.72. The largest absolute Gasteiger partial charge is 0.465 e. The first kappa shape index (κ1) is 21.0. The summed E-state index contributed by atoms with van der Waals surface area (Å²) in [4.78, 5) is 21.3. The number of ether oxygens (including phenoxy) is 1. The van der Waals surface area contributed by atoms with Crippen molar-refractivity contribution in [2.24, 2.45) is 0 Å². The molecular formula is C22H31N5O2. The molecule has 0 bridgehead atoms. The molecule has 3 rings (SSSR count). The van der Waals surface area contributed by atoms with Crippen molar-refractivity contribution >= 4 is 33.7 Å². The van der Waals surface area contributed by atoms with Crippen LogP contribution in [0.1, 0.15) is 55.2 Å². The zero-order valence-electron chi connectivity index (χ0n) is 17.6. The summed E-state index contributed by atoms with van der Waals surface area (Å²) in [7, 11) is 3.36. The highest BCUT2D eigenvalue weighted by atomic mass is 16.5. The molecule has 0 saturated heterocycles. The van der Waals surface area contributed by atoms with Crippen LogP contribution in [-0.2, 0) is 17.7 Å². The van der Waals surface area contributed by atoms with Gasteiger partial charge in [-0.25, -0.2) is 14.8 Å². The van der Waals surface area contributed by atoms with Crippen molar-refractivity contribution in [2.75, 3.05) is 26.4 Å². The molecule has 3 aromatic rings. The van der Waals surface area contributed by atoms with Gasteiger partial charge in [0.15, 0.2) is 5.82 Å². The molecule has 0 radical (unpaired) electrons. The van der Waals surface area contributed by atoms with Gasteiger partial charge in [-0.05, 0) is 51.1 Å². The average molecular weight is 398 g/mol. The maximum absolute atomic E-state index is 11.9. The summed E-state index contributed by atoms with van der Waals surface area (Å²) in [5, 5.41) is 4.16. The topological polar surface area (TPSA) is 95.1 Å². The molecule has 0 amide bonds. The van der Waals surface area contributed by atoms with Gasteiger partial charge in [0.2, 0.25) is 0 Å². The molecule has 0 atom stereocenters. The van der Waals surface area contributed by atoms with Crippen molar-refractivity contribution in [3.05, 3.63) is 29.6 Å². The third-order valence-corrected chi connectivity index (χ3v) is 5.27. The maximum Gasteiger partial charge on any atom is 0.337 e. The molecule has 3 N–H and O–H groups in total. The summed E-state index contributed by atoms with van der Waals surface area (Å²) in [6.45, 7) is 4.12. The van der Waals surface area contributed by atoms with Crippen LogP contribution in [0.5, 0.6) is 0 Å². The molecular weight excluding hydrogens is 366 g/mol. The van der Waals surface area contributed by atoms with Gasteiger partial charge in [-0.1, -0.05) is 19.8 Å². The van der Waals surface area contributed by atoms with E-state index in [1.807, 2.05) is 13.1 Å². The van der Waals surface area contributed by atoms with Gasteiger partial charge in [0.1, 0.15) is 11.3 Å². The fourth-order valence-electron chi connectivity index (χ4n) is 3.72.